The van der Waals surface area contributed by atoms with Gasteiger partial charge in [-0.1, -0.05) is 18.2 Å². The molecule has 1 unspecified atom stereocenters. The van der Waals surface area contributed by atoms with E-state index in [9.17, 15) is 5.11 Å². The highest BCUT2D eigenvalue weighted by Crippen LogP contribution is 2.28. The summed E-state index contributed by atoms with van der Waals surface area (Å²) in [6.45, 7) is 1.71. The summed E-state index contributed by atoms with van der Waals surface area (Å²) in [6, 6.07) is 7.42. The molecule has 0 amide bonds. The molecule has 0 saturated heterocycles. The van der Waals surface area contributed by atoms with Crippen molar-refractivity contribution in [2.24, 2.45) is 7.05 Å². The van der Waals surface area contributed by atoms with Gasteiger partial charge in [-0.05, 0) is 13.0 Å². The Labute approximate surface area is 94.1 Å². The van der Waals surface area contributed by atoms with Crippen molar-refractivity contribution in [2.75, 3.05) is 0 Å². The Morgan fingerprint density at radius 1 is 1.38 bits per heavy atom. The summed E-state index contributed by atoms with van der Waals surface area (Å²) in [5.74, 6) is 1.32. The normalized spacial score (nSPS) is 12.4. The van der Waals surface area contributed by atoms with E-state index < -0.39 is 6.10 Å². The number of hydrogen-bond donors (Lipinski definition) is 1. The van der Waals surface area contributed by atoms with E-state index in [1.165, 1.54) is 0 Å². The van der Waals surface area contributed by atoms with Crippen LogP contribution in [0.5, 0.6) is 11.5 Å². The van der Waals surface area contributed by atoms with Crippen LogP contribution in [0.2, 0.25) is 0 Å². The molecular weight excluding hydrogens is 204 g/mol. The van der Waals surface area contributed by atoms with Crippen molar-refractivity contribution in [3.63, 3.8) is 0 Å². The van der Waals surface area contributed by atoms with Gasteiger partial charge in [-0.15, -0.1) is 0 Å². The van der Waals surface area contributed by atoms with Crippen LogP contribution in [-0.4, -0.2) is 14.9 Å². The van der Waals surface area contributed by atoms with Crippen molar-refractivity contribution in [1.82, 2.24) is 9.78 Å². The second-order valence-electron chi connectivity index (χ2n) is 3.67. The van der Waals surface area contributed by atoms with Gasteiger partial charge in [-0.25, -0.2) is 0 Å². The van der Waals surface area contributed by atoms with Gasteiger partial charge < -0.3 is 9.84 Å². The summed E-state index contributed by atoms with van der Waals surface area (Å²) in [7, 11) is 1.83. The molecular formula is C12H14N2O2. The zero-order valence-corrected chi connectivity index (χ0v) is 9.29. The molecule has 4 nitrogen and oxygen atoms in total. The first-order valence-electron chi connectivity index (χ1n) is 5.10. The van der Waals surface area contributed by atoms with Crippen LogP contribution in [0.15, 0.2) is 36.7 Å². The average molecular weight is 218 g/mol. The summed E-state index contributed by atoms with van der Waals surface area (Å²) < 4.78 is 7.32. The molecule has 0 fully saturated rings. The topological polar surface area (TPSA) is 47.3 Å². The van der Waals surface area contributed by atoms with Gasteiger partial charge in [0.2, 0.25) is 0 Å². The highest BCUT2D eigenvalue weighted by atomic mass is 16.5. The number of rotatable bonds is 3. The summed E-state index contributed by atoms with van der Waals surface area (Å²) in [4.78, 5) is 0. The van der Waals surface area contributed by atoms with Crippen LogP contribution in [0.1, 0.15) is 18.6 Å². The van der Waals surface area contributed by atoms with Gasteiger partial charge in [0.25, 0.3) is 0 Å². The summed E-state index contributed by atoms with van der Waals surface area (Å²) >= 11 is 0. The van der Waals surface area contributed by atoms with Crippen molar-refractivity contribution in [3.05, 3.63) is 42.2 Å². The smallest absolute Gasteiger partial charge is 0.165 e. The molecule has 4 heteroatoms. The van der Waals surface area contributed by atoms with Crippen LogP contribution in [0, 0.1) is 0 Å². The molecule has 0 spiro atoms. The number of aliphatic hydroxyl groups excluding tert-OH is 1. The lowest BCUT2D eigenvalue weighted by Crippen LogP contribution is -1.95. The summed E-state index contributed by atoms with van der Waals surface area (Å²) in [6.07, 6.45) is 2.87. The van der Waals surface area contributed by atoms with Crippen LogP contribution < -0.4 is 4.74 Å². The van der Waals surface area contributed by atoms with Gasteiger partial charge in [0.15, 0.2) is 5.75 Å². The fourth-order valence-electron chi connectivity index (χ4n) is 1.50. The standard InChI is InChI=1S/C12H14N2O2/c1-9(15)11-5-3-4-6-12(11)16-10-7-13-14(2)8-10/h3-9,15H,1-2H3. The molecule has 0 aliphatic carbocycles. The van der Waals surface area contributed by atoms with E-state index in [0.717, 1.165) is 5.56 Å². The van der Waals surface area contributed by atoms with E-state index in [1.807, 2.05) is 31.3 Å². The van der Waals surface area contributed by atoms with Crippen molar-refractivity contribution in [2.45, 2.75) is 13.0 Å². The Balaban J connectivity index is 2.27. The fraction of sp³-hybridized carbons (Fsp3) is 0.250. The maximum Gasteiger partial charge on any atom is 0.165 e. The van der Waals surface area contributed by atoms with E-state index in [0.29, 0.717) is 11.5 Å². The third-order valence-corrected chi connectivity index (χ3v) is 2.28. The van der Waals surface area contributed by atoms with Crippen molar-refractivity contribution < 1.29 is 9.84 Å². The van der Waals surface area contributed by atoms with Crippen LogP contribution in [0.4, 0.5) is 0 Å². The lowest BCUT2D eigenvalue weighted by Gasteiger charge is -2.11. The number of benzene rings is 1. The average Bonchev–Trinajstić information content (AvgIpc) is 2.64. The first kappa shape index (κ1) is 10.7. The van der Waals surface area contributed by atoms with Crippen LogP contribution >= 0.6 is 0 Å². The number of hydrogen-bond acceptors (Lipinski definition) is 3. The van der Waals surface area contributed by atoms with Gasteiger partial charge >= 0.3 is 0 Å². The summed E-state index contributed by atoms with van der Waals surface area (Å²) in [5, 5.41) is 13.6. The van der Waals surface area contributed by atoms with Gasteiger partial charge in [0.1, 0.15) is 5.75 Å². The van der Waals surface area contributed by atoms with Gasteiger partial charge in [0.05, 0.1) is 18.5 Å². The monoisotopic (exact) mass is 218 g/mol. The van der Waals surface area contributed by atoms with E-state index in [2.05, 4.69) is 5.10 Å². The molecule has 1 aromatic carbocycles. The van der Waals surface area contributed by atoms with Crippen LogP contribution in [0.25, 0.3) is 0 Å². The molecule has 0 radical (unpaired) electrons. The van der Waals surface area contributed by atoms with E-state index >= 15 is 0 Å². The van der Waals surface area contributed by atoms with Crippen molar-refractivity contribution in [1.29, 1.82) is 0 Å². The molecule has 16 heavy (non-hydrogen) atoms. The van der Waals surface area contributed by atoms with Crippen LogP contribution in [-0.2, 0) is 7.05 Å². The zero-order valence-electron chi connectivity index (χ0n) is 9.29. The van der Waals surface area contributed by atoms with Crippen molar-refractivity contribution in [3.8, 4) is 11.5 Å². The van der Waals surface area contributed by atoms with Gasteiger partial charge in [0, 0.05) is 12.6 Å². The molecule has 0 saturated carbocycles. The summed E-state index contributed by atoms with van der Waals surface area (Å²) in [5.41, 5.74) is 0.770. The first-order chi connectivity index (χ1) is 7.66. The minimum atomic E-state index is -0.548. The van der Waals surface area contributed by atoms with Crippen molar-refractivity contribution >= 4 is 0 Å². The SMILES string of the molecule is CC(O)c1ccccc1Oc1cnn(C)c1. The molecule has 2 aromatic rings. The number of aromatic nitrogens is 2. The van der Waals surface area contributed by atoms with E-state index in [1.54, 1.807) is 24.0 Å². The lowest BCUT2D eigenvalue weighted by atomic mass is 10.1. The second-order valence-corrected chi connectivity index (χ2v) is 3.67. The third-order valence-electron chi connectivity index (χ3n) is 2.28. The molecule has 0 aliphatic rings. The maximum atomic E-state index is 9.59. The predicted molar refractivity (Wildman–Crippen MR) is 60.4 cm³/mol. The molecule has 0 bridgehead atoms. The lowest BCUT2D eigenvalue weighted by molar-refractivity contribution is 0.195. The quantitative estimate of drug-likeness (QED) is 0.859. The Bertz CT molecular complexity index is 477. The van der Waals surface area contributed by atoms with Gasteiger partial charge in [-0.2, -0.15) is 5.10 Å². The highest BCUT2D eigenvalue weighted by molar-refractivity contribution is 5.37. The molecule has 0 aliphatic heterocycles. The Kier molecular flexibility index (Phi) is 2.92. The molecule has 1 N–H and O–H groups in total. The van der Waals surface area contributed by atoms with E-state index in [-0.39, 0.29) is 0 Å². The molecule has 1 atom stereocenters. The predicted octanol–water partition coefficient (Wildman–Crippen LogP) is 2.27. The zero-order chi connectivity index (χ0) is 11.5. The second kappa shape index (κ2) is 4.37. The number of ether oxygens (including phenoxy) is 1. The Morgan fingerprint density at radius 3 is 2.75 bits per heavy atom. The molecule has 84 valence electrons. The first-order valence-corrected chi connectivity index (χ1v) is 5.10. The van der Waals surface area contributed by atoms with Gasteiger partial charge in [-0.3, -0.25) is 4.68 Å². The third kappa shape index (κ3) is 2.23. The number of aliphatic hydroxyl groups is 1. The van der Waals surface area contributed by atoms with Crippen LogP contribution in [0.3, 0.4) is 0 Å². The van der Waals surface area contributed by atoms with E-state index in [4.69, 9.17) is 4.74 Å². The molecule has 1 heterocycles. The molecule has 2 rings (SSSR count). The maximum absolute atomic E-state index is 9.59. The minimum Gasteiger partial charge on any atom is -0.454 e. The largest absolute Gasteiger partial charge is 0.454 e. The number of nitrogens with zero attached hydrogens (tertiary/aromatic N) is 2. The number of aryl methyl sites for hydroxylation is 1. The Morgan fingerprint density at radius 2 is 2.12 bits per heavy atom. The fourth-order valence-corrected chi connectivity index (χ4v) is 1.50. The minimum absolute atomic E-state index is 0.548. The number of para-hydroxylation sites is 1. The Hall–Kier alpha value is -1.81. The highest BCUT2D eigenvalue weighted by Gasteiger charge is 2.09. The molecule has 1 aromatic heterocycles.